The smallest absolute Gasteiger partial charge is 0.261 e. The Morgan fingerprint density at radius 2 is 1.40 bits per heavy atom. The van der Waals surface area contributed by atoms with Crippen molar-refractivity contribution in [1.82, 2.24) is 0 Å². The molecule has 154 valence electrons. The SMILES string of the molecule is CC(=O)Nc1cccc(NC(=O)c2cccc(S(=O)(=O)Nc3ccc(C)cc3)c2)c1. The Kier molecular flexibility index (Phi) is 6.17. The van der Waals surface area contributed by atoms with E-state index in [1.807, 2.05) is 6.92 Å². The van der Waals surface area contributed by atoms with Gasteiger partial charge in [-0.3, -0.25) is 14.3 Å². The Bertz CT molecular complexity index is 1190. The molecule has 0 heterocycles. The van der Waals surface area contributed by atoms with Crippen LogP contribution < -0.4 is 15.4 Å². The summed E-state index contributed by atoms with van der Waals surface area (Å²) in [5.74, 6) is -0.695. The first-order chi connectivity index (χ1) is 14.2. The summed E-state index contributed by atoms with van der Waals surface area (Å²) in [6.07, 6.45) is 0. The molecule has 0 atom stereocenters. The van der Waals surface area contributed by atoms with Crippen molar-refractivity contribution in [2.24, 2.45) is 0 Å². The van der Waals surface area contributed by atoms with Gasteiger partial charge in [-0.1, -0.05) is 29.8 Å². The second-order valence-electron chi connectivity index (χ2n) is 6.72. The lowest BCUT2D eigenvalue weighted by Crippen LogP contribution is -2.16. The maximum atomic E-state index is 12.7. The predicted octanol–water partition coefficient (Wildman–Crippen LogP) is 4.01. The number of carbonyl (C=O) groups is 2. The number of amides is 2. The summed E-state index contributed by atoms with van der Waals surface area (Å²) in [6.45, 7) is 3.30. The third-order valence-corrected chi connectivity index (χ3v) is 5.53. The molecule has 2 amide bonds. The topological polar surface area (TPSA) is 104 Å². The van der Waals surface area contributed by atoms with Crippen molar-refractivity contribution in [2.45, 2.75) is 18.7 Å². The van der Waals surface area contributed by atoms with Crippen LogP contribution in [0.2, 0.25) is 0 Å². The second-order valence-corrected chi connectivity index (χ2v) is 8.40. The molecular weight excluding hydrogens is 402 g/mol. The summed E-state index contributed by atoms with van der Waals surface area (Å²) in [5.41, 5.74) is 2.65. The van der Waals surface area contributed by atoms with E-state index in [9.17, 15) is 18.0 Å². The Morgan fingerprint density at radius 3 is 2.07 bits per heavy atom. The highest BCUT2D eigenvalue weighted by atomic mass is 32.2. The molecule has 3 N–H and O–H groups in total. The number of nitrogens with one attached hydrogen (secondary N) is 3. The molecular formula is C22H21N3O4S. The summed E-state index contributed by atoms with van der Waals surface area (Å²) < 4.78 is 27.9. The molecule has 0 unspecified atom stereocenters. The van der Waals surface area contributed by atoms with Gasteiger partial charge in [0.1, 0.15) is 0 Å². The number of hydrogen-bond donors (Lipinski definition) is 3. The predicted molar refractivity (Wildman–Crippen MR) is 117 cm³/mol. The Labute approximate surface area is 175 Å². The highest BCUT2D eigenvalue weighted by molar-refractivity contribution is 7.92. The van der Waals surface area contributed by atoms with Crippen LogP contribution in [0.1, 0.15) is 22.8 Å². The molecule has 30 heavy (non-hydrogen) atoms. The number of carbonyl (C=O) groups excluding carboxylic acids is 2. The molecule has 0 radical (unpaired) electrons. The van der Waals surface area contributed by atoms with Crippen molar-refractivity contribution in [3.8, 4) is 0 Å². The molecule has 0 fully saturated rings. The van der Waals surface area contributed by atoms with Crippen molar-refractivity contribution in [2.75, 3.05) is 15.4 Å². The van der Waals surface area contributed by atoms with Gasteiger partial charge >= 0.3 is 0 Å². The van der Waals surface area contributed by atoms with E-state index in [2.05, 4.69) is 15.4 Å². The minimum atomic E-state index is -3.85. The summed E-state index contributed by atoms with van der Waals surface area (Å²) in [4.78, 5) is 23.8. The quantitative estimate of drug-likeness (QED) is 0.557. The maximum Gasteiger partial charge on any atom is 0.261 e. The molecule has 0 aliphatic carbocycles. The lowest BCUT2D eigenvalue weighted by atomic mass is 10.2. The summed E-state index contributed by atoms with van der Waals surface area (Å²) in [5, 5.41) is 5.34. The van der Waals surface area contributed by atoms with Gasteiger partial charge in [0.05, 0.1) is 4.90 Å². The molecule has 3 aromatic rings. The van der Waals surface area contributed by atoms with Crippen molar-refractivity contribution in [1.29, 1.82) is 0 Å². The largest absolute Gasteiger partial charge is 0.326 e. The van der Waals surface area contributed by atoms with Gasteiger partial charge in [0.25, 0.3) is 15.9 Å². The minimum Gasteiger partial charge on any atom is -0.326 e. The highest BCUT2D eigenvalue weighted by Crippen LogP contribution is 2.20. The van der Waals surface area contributed by atoms with Crippen molar-refractivity contribution >= 4 is 38.9 Å². The van der Waals surface area contributed by atoms with Crippen LogP contribution in [0.5, 0.6) is 0 Å². The van der Waals surface area contributed by atoms with Crippen molar-refractivity contribution < 1.29 is 18.0 Å². The first-order valence-electron chi connectivity index (χ1n) is 9.11. The fourth-order valence-corrected chi connectivity index (χ4v) is 3.83. The van der Waals surface area contributed by atoms with E-state index in [1.165, 1.54) is 31.2 Å². The van der Waals surface area contributed by atoms with Gasteiger partial charge in [-0.15, -0.1) is 0 Å². The molecule has 0 saturated carbocycles. The average molecular weight is 423 g/mol. The number of hydrogen-bond acceptors (Lipinski definition) is 4. The number of rotatable bonds is 6. The van der Waals surface area contributed by atoms with Crippen LogP contribution in [0.15, 0.2) is 77.7 Å². The Morgan fingerprint density at radius 1 is 0.767 bits per heavy atom. The highest BCUT2D eigenvalue weighted by Gasteiger charge is 2.17. The van der Waals surface area contributed by atoms with Gasteiger partial charge in [0.15, 0.2) is 0 Å². The maximum absolute atomic E-state index is 12.7. The van der Waals surface area contributed by atoms with Crippen molar-refractivity contribution in [3.05, 3.63) is 83.9 Å². The van der Waals surface area contributed by atoms with E-state index in [4.69, 9.17) is 0 Å². The molecule has 0 spiro atoms. The molecule has 0 aliphatic heterocycles. The van der Waals surface area contributed by atoms with Crippen LogP contribution in [0.3, 0.4) is 0 Å². The van der Waals surface area contributed by atoms with E-state index in [1.54, 1.807) is 48.5 Å². The van der Waals surface area contributed by atoms with Crippen molar-refractivity contribution in [3.63, 3.8) is 0 Å². The van der Waals surface area contributed by atoms with Crippen LogP contribution in [-0.4, -0.2) is 20.2 Å². The molecule has 0 aromatic heterocycles. The van der Waals surface area contributed by atoms with Crippen LogP contribution in [0, 0.1) is 6.92 Å². The first kappa shape index (κ1) is 21.1. The Hall–Kier alpha value is -3.65. The second kappa shape index (κ2) is 8.79. The van der Waals surface area contributed by atoms with Gasteiger partial charge in [-0.25, -0.2) is 8.42 Å². The van der Waals surface area contributed by atoms with E-state index in [0.717, 1.165) is 5.56 Å². The van der Waals surface area contributed by atoms with Gasteiger partial charge in [0.2, 0.25) is 5.91 Å². The van der Waals surface area contributed by atoms with Gasteiger partial charge < -0.3 is 10.6 Å². The summed E-state index contributed by atoms with van der Waals surface area (Å²) in [7, 11) is -3.85. The fraction of sp³-hybridized carbons (Fsp3) is 0.0909. The van der Waals surface area contributed by atoms with Gasteiger partial charge in [-0.05, 0) is 55.5 Å². The molecule has 3 rings (SSSR count). The summed E-state index contributed by atoms with van der Waals surface area (Å²) >= 11 is 0. The zero-order chi connectivity index (χ0) is 21.7. The molecule has 7 nitrogen and oxygen atoms in total. The summed E-state index contributed by atoms with van der Waals surface area (Å²) in [6, 6.07) is 19.4. The molecule has 0 saturated heterocycles. The molecule has 0 bridgehead atoms. The van der Waals surface area contributed by atoms with E-state index < -0.39 is 15.9 Å². The number of sulfonamides is 1. The lowest BCUT2D eigenvalue weighted by Gasteiger charge is -2.11. The standard InChI is InChI=1S/C22H21N3O4S/c1-15-9-11-18(12-10-15)25-30(28,29)21-8-3-5-17(13-21)22(27)24-20-7-4-6-19(14-20)23-16(2)26/h3-14,25H,1-2H3,(H,23,26)(H,24,27). The average Bonchev–Trinajstić information content (AvgIpc) is 2.69. The monoisotopic (exact) mass is 423 g/mol. The zero-order valence-electron chi connectivity index (χ0n) is 16.5. The molecule has 8 heteroatoms. The number of anilines is 3. The van der Waals surface area contributed by atoms with Crippen LogP contribution in [-0.2, 0) is 14.8 Å². The third-order valence-electron chi connectivity index (χ3n) is 4.15. The molecule has 0 aliphatic rings. The zero-order valence-corrected chi connectivity index (χ0v) is 17.3. The van der Waals surface area contributed by atoms with E-state index in [0.29, 0.717) is 17.1 Å². The van der Waals surface area contributed by atoms with Crippen LogP contribution >= 0.6 is 0 Å². The van der Waals surface area contributed by atoms with E-state index >= 15 is 0 Å². The van der Waals surface area contributed by atoms with E-state index in [-0.39, 0.29) is 16.4 Å². The van der Waals surface area contributed by atoms with Gasteiger partial charge in [-0.2, -0.15) is 0 Å². The third kappa shape index (κ3) is 5.45. The van der Waals surface area contributed by atoms with Gasteiger partial charge in [0, 0.05) is 29.5 Å². The number of aryl methyl sites for hydroxylation is 1. The lowest BCUT2D eigenvalue weighted by molar-refractivity contribution is -0.114. The normalized spacial score (nSPS) is 10.9. The first-order valence-corrected chi connectivity index (χ1v) is 10.6. The van der Waals surface area contributed by atoms with Crippen LogP contribution in [0.25, 0.3) is 0 Å². The fourth-order valence-electron chi connectivity index (χ4n) is 2.72. The van der Waals surface area contributed by atoms with Crippen LogP contribution in [0.4, 0.5) is 17.1 Å². The Balaban J connectivity index is 1.78. The number of benzene rings is 3. The minimum absolute atomic E-state index is 0.0253. The molecule has 3 aromatic carbocycles.